The minimum Gasteiger partial charge on any atom is -0.452 e. The molecule has 0 aliphatic rings. The molecule has 1 N–H and O–H groups in total. The Labute approximate surface area is 82.1 Å². The van der Waals surface area contributed by atoms with Crippen molar-refractivity contribution in [1.82, 2.24) is 5.32 Å². The first-order valence-electron chi connectivity index (χ1n) is 4.12. The highest BCUT2D eigenvalue weighted by atomic mass is 35.5. The molecule has 1 rings (SSSR count). The van der Waals surface area contributed by atoms with E-state index in [2.05, 4.69) is 5.32 Å². The van der Waals surface area contributed by atoms with Crippen LogP contribution in [0.25, 0.3) is 0 Å². The lowest BCUT2D eigenvalue weighted by Crippen LogP contribution is -2.27. The van der Waals surface area contributed by atoms with E-state index in [0.29, 0.717) is 18.0 Å². The van der Waals surface area contributed by atoms with E-state index in [-0.39, 0.29) is 11.1 Å². The Morgan fingerprint density at radius 3 is 2.85 bits per heavy atom. The lowest BCUT2D eigenvalue weighted by Gasteiger charge is -2.05. The van der Waals surface area contributed by atoms with Gasteiger partial charge in [-0.05, 0) is 23.6 Å². The lowest BCUT2D eigenvalue weighted by molar-refractivity contribution is 0.0948. The standard InChI is InChI=1S/C9H12ClNO2/c1-6(2)5-11-9(12)7-3-4-13-8(7)10/h3-4,6H,5H2,1-2H3,(H,11,12). The summed E-state index contributed by atoms with van der Waals surface area (Å²) in [5, 5.41) is 2.88. The van der Waals surface area contributed by atoms with Gasteiger partial charge in [-0.1, -0.05) is 13.8 Å². The van der Waals surface area contributed by atoms with E-state index in [4.69, 9.17) is 16.0 Å². The van der Waals surface area contributed by atoms with E-state index in [0.717, 1.165) is 0 Å². The number of hydrogen-bond donors (Lipinski definition) is 1. The van der Waals surface area contributed by atoms with Crippen molar-refractivity contribution in [3.63, 3.8) is 0 Å². The maximum atomic E-state index is 11.4. The minimum absolute atomic E-state index is 0.140. The molecule has 0 bridgehead atoms. The van der Waals surface area contributed by atoms with E-state index < -0.39 is 0 Å². The van der Waals surface area contributed by atoms with E-state index in [1.807, 2.05) is 13.8 Å². The van der Waals surface area contributed by atoms with Gasteiger partial charge in [-0.25, -0.2) is 0 Å². The average molecular weight is 202 g/mol. The first-order chi connectivity index (χ1) is 6.11. The summed E-state index contributed by atoms with van der Waals surface area (Å²) in [6.45, 7) is 4.69. The summed E-state index contributed by atoms with van der Waals surface area (Å²) in [7, 11) is 0. The van der Waals surface area contributed by atoms with Gasteiger partial charge in [-0.2, -0.15) is 0 Å². The van der Waals surface area contributed by atoms with Crippen LogP contribution >= 0.6 is 11.6 Å². The van der Waals surface area contributed by atoms with E-state index in [9.17, 15) is 4.79 Å². The predicted molar refractivity (Wildman–Crippen MR) is 50.9 cm³/mol. The maximum absolute atomic E-state index is 11.4. The van der Waals surface area contributed by atoms with Gasteiger partial charge in [0.25, 0.3) is 5.91 Å². The van der Waals surface area contributed by atoms with Crippen LogP contribution in [0.4, 0.5) is 0 Å². The summed E-state index contributed by atoms with van der Waals surface area (Å²) in [4.78, 5) is 11.4. The summed E-state index contributed by atoms with van der Waals surface area (Å²) < 4.78 is 4.80. The van der Waals surface area contributed by atoms with Gasteiger partial charge >= 0.3 is 0 Å². The van der Waals surface area contributed by atoms with Gasteiger partial charge in [-0.3, -0.25) is 4.79 Å². The Morgan fingerprint density at radius 1 is 1.69 bits per heavy atom. The Hall–Kier alpha value is -0.960. The second kappa shape index (κ2) is 4.33. The fraction of sp³-hybridized carbons (Fsp3) is 0.444. The zero-order chi connectivity index (χ0) is 9.84. The van der Waals surface area contributed by atoms with Crippen LogP contribution in [0.1, 0.15) is 24.2 Å². The van der Waals surface area contributed by atoms with Crippen molar-refractivity contribution in [2.75, 3.05) is 6.54 Å². The zero-order valence-corrected chi connectivity index (χ0v) is 8.39. The molecule has 0 fully saturated rings. The van der Waals surface area contributed by atoms with E-state index in [1.54, 1.807) is 6.07 Å². The predicted octanol–water partition coefficient (Wildman–Crippen LogP) is 2.32. The van der Waals surface area contributed by atoms with Crippen molar-refractivity contribution in [3.8, 4) is 0 Å². The van der Waals surface area contributed by atoms with Gasteiger partial charge in [0, 0.05) is 6.54 Å². The van der Waals surface area contributed by atoms with Crippen LogP contribution in [-0.2, 0) is 0 Å². The van der Waals surface area contributed by atoms with Crippen molar-refractivity contribution in [2.24, 2.45) is 5.92 Å². The third-order valence-electron chi connectivity index (χ3n) is 1.53. The zero-order valence-electron chi connectivity index (χ0n) is 7.63. The summed E-state index contributed by atoms with van der Waals surface area (Å²) in [5.41, 5.74) is 0.391. The number of carbonyl (C=O) groups excluding carboxylic acids is 1. The molecule has 1 amide bonds. The number of amides is 1. The van der Waals surface area contributed by atoms with Crippen LogP contribution < -0.4 is 5.32 Å². The molecule has 0 aromatic carbocycles. The largest absolute Gasteiger partial charge is 0.452 e. The first-order valence-corrected chi connectivity index (χ1v) is 4.50. The smallest absolute Gasteiger partial charge is 0.256 e. The molecule has 0 saturated carbocycles. The monoisotopic (exact) mass is 201 g/mol. The number of halogens is 1. The summed E-state index contributed by atoms with van der Waals surface area (Å²) in [6, 6.07) is 1.55. The van der Waals surface area contributed by atoms with Gasteiger partial charge in [0.15, 0.2) is 0 Å². The van der Waals surface area contributed by atoms with Gasteiger partial charge < -0.3 is 9.73 Å². The molecule has 0 aliphatic heterocycles. The van der Waals surface area contributed by atoms with Crippen molar-refractivity contribution < 1.29 is 9.21 Å². The molecule has 3 nitrogen and oxygen atoms in total. The van der Waals surface area contributed by atoms with Gasteiger partial charge in [-0.15, -0.1) is 0 Å². The van der Waals surface area contributed by atoms with E-state index in [1.165, 1.54) is 6.26 Å². The minimum atomic E-state index is -0.188. The quantitative estimate of drug-likeness (QED) is 0.816. The van der Waals surface area contributed by atoms with Crippen molar-refractivity contribution in [3.05, 3.63) is 23.1 Å². The van der Waals surface area contributed by atoms with Crippen molar-refractivity contribution in [2.45, 2.75) is 13.8 Å². The second-order valence-corrected chi connectivity index (χ2v) is 3.56. The van der Waals surface area contributed by atoms with Crippen LogP contribution in [-0.4, -0.2) is 12.5 Å². The third kappa shape index (κ3) is 2.77. The van der Waals surface area contributed by atoms with Crippen LogP contribution in [0.5, 0.6) is 0 Å². The van der Waals surface area contributed by atoms with Crippen molar-refractivity contribution >= 4 is 17.5 Å². The number of hydrogen-bond acceptors (Lipinski definition) is 2. The van der Waals surface area contributed by atoms with Gasteiger partial charge in [0.2, 0.25) is 5.22 Å². The highest BCUT2D eigenvalue weighted by Gasteiger charge is 2.12. The molecular weight excluding hydrogens is 190 g/mol. The molecule has 0 saturated heterocycles. The molecule has 0 spiro atoms. The van der Waals surface area contributed by atoms with Crippen molar-refractivity contribution in [1.29, 1.82) is 0 Å². The third-order valence-corrected chi connectivity index (χ3v) is 1.83. The summed E-state index contributed by atoms with van der Waals surface area (Å²) in [6.07, 6.45) is 1.40. The number of furan rings is 1. The topological polar surface area (TPSA) is 42.2 Å². The molecule has 0 aliphatic carbocycles. The fourth-order valence-electron chi connectivity index (χ4n) is 0.848. The normalized spacial score (nSPS) is 10.5. The molecule has 1 aromatic rings. The highest BCUT2D eigenvalue weighted by molar-refractivity contribution is 6.32. The molecule has 0 radical (unpaired) electrons. The molecule has 0 unspecified atom stereocenters. The second-order valence-electron chi connectivity index (χ2n) is 3.21. The average Bonchev–Trinajstić information content (AvgIpc) is 2.47. The molecule has 1 heterocycles. The fourth-order valence-corrected chi connectivity index (χ4v) is 1.05. The summed E-state index contributed by atoms with van der Waals surface area (Å²) in [5.74, 6) is 0.238. The first kappa shape index (κ1) is 10.1. The Bertz CT molecular complexity index is 294. The van der Waals surface area contributed by atoms with Crippen LogP contribution in [0.15, 0.2) is 16.7 Å². The number of nitrogens with one attached hydrogen (secondary N) is 1. The summed E-state index contributed by atoms with van der Waals surface area (Å²) >= 11 is 5.62. The maximum Gasteiger partial charge on any atom is 0.256 e. The highest BCUT2D eigenvalue weighted by Crippen LogP contribution is 2.16. The Balaban J connectivity index is 2.54. The molecular formula is C9H12ClNO2. The molecule has 13 heavy (non-hydrogen) atoms. The van der Waals surface area contributed by atoms with Gasteiger partial charge in [0.05, 0.1) is 11.8 Å². The Morgan fingerprint density at radius 2 is 2.38 bits per heavy atom. The molecule has 4 heteroatoms. The molecule has 72 valence electrons. The van der Waals surface area contributed by atoms with Gasteiger partial charge in [0.1, 0.15) is 0 Å². The molecule has 0 atom stereocenters. The SMILES string of the molecule is CC(C)CNC(=O)c1ccoc1Cl. The molecule has 1 aromatic heterocycles. The number of carbonyl (C=O) groups is 1. The lowest BCUT2D eigenvalue weighted by atomic mass is 10.2. The van der Waals surface area contributed by atoms with E-state index >= 15 is 0 Å². The van der Waals surface area contributed by atoms with Crippen LogP contribution in [0, 0.1) is 5.92 Å². The van der Waals surface area contributed by atoms with Crippen LogP contribution in [0.2, 0.25) is 5.22 Å². The number of rotatable bonds is 3. The Kier molecular flexibility index (Phi) is 3.37. The van der Waals surface area contributed by atoms with Crippen LogP contribution in [0.3, 0.4) is 0 Å².